The lowest BCUT2D eigenvalue weighted by Crippen LogP contribution is -2.36. The summed E-state index contributed by atoms with van der Waals surface area (Å²) in [6.07, 6.45) is 2.68. The van der Waals surface area contributed by atoms with Gasteiger partial charge in [-0.25, -0.2) is 0 Å². The Kier molecular flexibility index (Phi) is 6.41. The van der Waals surface area contributed by atoms with Gasteiger partial charge in [0, 0.05) is 23.5 Å². The lowest BCUT2D eigenvalue weighted by Gasteiger charge is -2.27. The van der Waals surface area contributed by atoms with Crippen LogP contribution in [0.3, 0.4) is 0 Å². The van der Waals surface area contributed by atoms with Crippen LogP contribution < -0.4 is 0 Å². The maximum atomic E-state index is 12.2. The van der Waals surface area contributed by atoms with E-state index >= 15 is 0 Å². The summed E-state index contributed by atoms with van der Waals surface area (Å²) in [5, 5.41) is 0. The predicted octanol–water partition coefficient (Wildman–Crippen LogP) is 4.38. The lowest BCUT2D eigenvalue weighted by molar-refractivity contribution is -0.133. The van der Waals surface area contributed by atoms with Crippen molar-refractivity contribution < 1.29 is 4.79 Å². The van der Waals surface area contributed by atoms with Gasteiger partial charge in [-0.15, -0.1) is 0 Å². The number of carbonyl (C=O) groups excluding carboxylic acids is 1. The lowest BCUT2D eigenvalue weighted by atomic mass is 10.1. The molecule has 2 nitrogen and oxygen atoms in total. The molecule has 0 aliphatic rings. The molecule has 0 bridgehead atoms. The number of rotatable bonds is 6. The van der Waals surface area contributed by atoms with E-state index in [9.17, 15) is 4.79 Å². The Bertz CT molecular complexity index is 390. The van der Waals surface area contributed by atoms with Gasteiger partial charge in [0.05, 0.1) is 0 Å². The fraction of sp³-hybridized carbons (Fsp3) is 0.533. The average Bonchev–Trinajstić information content (AvgIpc) is 2.34. The molecule has 0 N–H and O–H groups in total. The Morgan fingerprint density at radius 2 is 2.00 bits per heavy atom. The van der Waals surface area contributed by atoms with Gasteiger partial charge < -0.3 is 4.90 Å². The van der Waals surface area contributed by atoms with Crippen LogP contribution >= 0.6 is 15.9 Å². The molecule has 18 heavy (non-hydrogen) atoms. The Balaban J connectivity index is 2.75. The zero-order valence-electron chi connectivity index (χ0n) is 11.4. The molecule has 0 atom stereocenters. The monoisotopic (exact) mass is 311 g/mol. The number of nitrogens with zero attached hydrogens (tertiary/aromatic N) is 1. The molecule has 0 aliphatic heterocycles. The summed E-state index contributed by atoms with van der Waals surface area (Å²) in [6.45, 7) is 6.93. The smallest absolute Gasteiger partial charge is 0.223 e. The highest BCUT2D eigenvalue weighted by atomic mass is 79.9. The van der Waals surface area contributed by atoms with Gasteiger partial charge in [-0.2, -0.15) is 0 Å². The summed E-state index contributed by atoms with van der Waals surface area (Å²) in [4.78, 5) is 14.1. The van der Waals surface area contributed by atoms with Gasteiger partial charge in [0.25, 0.3) is 0 Å². The molecule has 0 unspecified atom stereocenters. The molecule has 1 amide bonds. The van der Waals surface area contributed by atoms with Crippen molar-refractivity contribution >= 4 is 21.8 Å². The summed E-state index contributed by atoms with van der Waals surface area (Å²) in [7, 11) is 0. The van der Waals surface area contributed by atoms with Crippen LogP contribution in [-0.4, -0.2) is 16.8 Å². The molecule has 0 saturated carbocycles. The van der Waals surface area contributed by atoms with E-state index in [2.05, 4.69) is 42.8 Å². The predicted molar refractivity (Wildman–Crippen MR) is 79.4 cm³/mol. The molecule has 0 heterocycles. The Morgan fingerprint density at radius 3 is 2.56 bits per heavy atom. The normalized spacial score (nSPS) is 10.7. The fourth-order valence-electron chi connectivity index (χ4n) is 1.84. The average molecular weight is 312 g/mol. The first kappa shape index (κ1) is 15.2. The molecular weight excluding hydrogens is 290 g/mol. The third-order valence-corrected chi connectivity index (χ3v) is 3.76. The van der Waals surface area contributed by atoms with Crippen molar-refractivity contribution in [2.45, 2.75) is 52.6 Å². The van der Waals surface area contributed by atoms with Crippen molar-refractivity contribution in [2.24, 2.45) is 0 Å². The molecule has 0 radical (unpaired) electrons. The molecule has 0 saturated heterocycles. The maximum Gasteiger partial charge on any atom is 0.223 e. The summed E-state index contributed by atoms with van der Waals surface area (Å²) in [5.41, 5.74) is 1.16. The number of unbranched alkanes of at least 4 members (excludes halogenated alkanes) is 1. The van der Waals surface area contributed by atoms with Gasteiger partial charge >= 0.3 is 0 Å². The van der Waals surface area contributed by atoms with Crippen LogP contribution in [-0.2, 0) is 11.3 Å². The zero-order valence-corrected chi connectivity index (χ0v) is 13.0. The highest BCUT2D eigenvalue weighted by Gasteiger charge is 2.17. The van der Waals surface area contributed by atoms with Gasteiger partial charge in [0.1, 0.15) is 0 Å². The quantitative estimate of drug-likeness (QED) is 0.763. The minimum Gasteiger partial charge on any atom is -0.336 e. The van der Waals surface area contributed by atoms with Gasteiger partial charge in [-0.05, 0) is 31.9 Å². The zero-order chi connectivity index (χ0) is 13.5. The van der Waals surface area contributed by atoms with Gasteiger partial charge in [-0.1, -0.05) is 47.5 Å². The van der Waals surface area contributed by atoms with Crippen LogP contribution in [0.15, 0.2) is 28.7 Å². The van der Waals surface area contributed by atoms with E-state index < -0.39 is 0 Å². The number of benzene rings is 1. The minimum atomic E-state index is 0.237. The summed E-state index contributed by atoms with van der Waals surface area (Å²) in [6, 6.07) is 8.32. The van der Waals surface area contributed by atoms with E-state index in [4.69, 9.17) is 0 Å². The molecule has 1 aromatic rings. The van der Waals surface area contributed by atoms with Crippen LogP contribution in [0.1, 0.15) is 45.6 Å². The van der Waals surface area contributed by atoms with E-state index in [0.29, 0.717) is 13.0 Å². The third kappa shape index (κ3) is 4.45. The number of hydrogen-bond acceptors (Lipinski definition) is 1. The standard InChI is InChI=1S/C15H22BrNO/c1-4-5-10-15(18)17(12(2)3)11-13-8-6-7-9-14(13)16/h6-9,12H,4-5,10-11H2,1-3H3. The van der Waals surface area contributed by atoms with E-state index in [1.807, 2.05) is 23.1 Å². The molecule has 100 valence electrons. The topological polar surface area (TPSA) is 20.3 Å². The van der Waals surface area contributed by atoms with Gasteiger partial charge in [-0.3, -0.25) is 4.79 Å². The van der Waals surface area contributed by atoms with Crippen molar-refractivity contribution in [3.05, 3.63) is 34.3 Å². The SMILES string of the molecule is CCCCC(=O)N(Cc1ccccc1Br)C(C)C. The van der Waals surface area contributed by atoms with E-state index in [0.717, 1.165) is 22.9 Å². The maximum absolute atomic E-state index is 12.2. The Labute approximate surface area is 119 Å². The van der Waals surface area contributed by atoms with Crippen molar-refractivity contribution in [2.75, 3.05) is 0 Å². The molecule has 0 spiro atoms. The van der Waals surface area contributed by atoms with E-state index in [-0.39, 0.29) is 11.9 Å². The second-order valence-corrected chi connectivity index (χ2v) is 5.66. The Hall–Kier alpha value is -0.830. The largest absolute Gasteiger partial charge is 0.336 e. The van der Waals surface area contributed by atoms with Crippen LogP contribution in [0.25, 0.3) is 0 Å². The molecule has 0 fully saturated rings. The first-order valence-electron chi connectivity index (χ1n) is 6.59. The first-order valence-corrected chi connectivity index (χ1v) is 7.38. The summed E-state index contributed by atoms with van der Waals surface area (Å²) >= 11 is 3.54. The Morgan fingerprint density at radius 1 is 1.33 bits per heavy atom. The molecule has 0 aromatic heterocycles. The van der Waals surface area contributed by atoms with Crippen molar-refractivity contribution in [1.82, 2.24) is 4.90 Å². The number of halogens is 1. The second kappa shape index (κ2) is 7.57. The minimum absolute atomic E-state index is 0.237. The van der Waals surface area contributed by atoms with Crippen molar-refractivity contribution in [3.8, 4) is 0 Å². The summed E-state index contributed by atoms with van der Waals surface area (Å²) in [5.74, 6) is 0.252. The van der Waals surface area contributed by atoms with Crippen LogP contribution in [0.4, 0.5) is 0 Å². The molecule has 1 rings (SSSR count). The number of amides is 1. The highest BCUT2D eigenvalue weighted by molar-refractivity contribution is 9.10. The van der Waals surface area contributed by atoms with Crippen LogP contribution in [0, 0.1) is 0 Å². The molecule has 3 heteroatoms. The van der Waals surface area contributed by atoms with Crippen molar-refractivity contribution in [1.29, 1.82) is 0 Å². The third-order valence-electron chi connectivity index (χ3n) is 2.99. The first-order chi connectivity index (χ1) is 8.56. The second-order valence-electron chi connectivity index (χ2n) is 4.81. The van der Waals surface area contributed by atoms with Crippen molar-refractivity contribution in [3.63, 3.8) is 0 Å². The van der Waals surface area contributed by atoms with Crippen LogP contribution in [0.2, 0.25) is 0 Å². The van der Waals surface area contributed by atoms with Gasteiger partial charge in [0.15, 0.2) is 0 Å². The van der Waals surface area contributed by atoms with Gasteiger partial charge in [0.2, 0.25) is 5.91 Å². The van der Waals surface area contributed by atoms with E-state index in [1.54, 1.807) is 0 Å². The highest BCUT2D eigenvalue weighted by Crippen LogP contribution is 2.19. The van der Waals surface area contributed by atoms with Crippen LogP contribution in [0.5, 0.6) is 0 Å². The summed E-state index contributed by atoms with van der Waals surface area (Å²) < 4.78 is 1.07. The number of carbonyl (C=O) groups is 1. The molecular formula is C15H22BrNO. The van der Waals surface area contributed by atoms with E-state index in [1.165, 1.54) is 0 Å². The molecule has 0 aliphatic carbocycles. The number of hydrogen-bond donors (Lipinski definition) is 0. The fourth-order valence-corrected chi connectivity index (χ4v) is 2.25. The molecule has 1 aromatic carbocycles.